The molecule has 1 atom stereocenters. The maximum absolute atomic E-state index is 11.3. The Labute approximate surface area is 108 Å². The van der Waals surface area contributed by atoms with Gasteiger partial charge in [-0.3, -0.25) is 4.68 Å². The minimum atomic E-state index is -0.948. The number of nitrogens with zero attached hydrogens (tertiary/aromatic N) is 3. The minimum absolute atomic E-state index is 0.609. The fourth-order valence-corrected chi connectivity index (χ4v) is 2.36. The molecule has 18 heavy (non-hydrogen) atoms. The van der Waals surface area contributed by atoms with Crippen molar-refractivity contribution in [2.75, 3.05) is 5.32 Å². The number of carbonyl (C=O) groups is 1. The van der Waals surface area contributed by atoms with Gasteiger partial charge in [0.2, 0.25) is 0 Å². The summed E-state index contributed by atoms with van der Waals surface area (Å²) in [6.45, 7) is 2.01. The van der Waals surface area contributed by atoms with Crippen LogP contribution in [0.25, 0.3) is 0 Å². The average molecular weight is 266 g/mol. The van der Waals surface area contributed by atoms with Crippen molar-refractivity contribution in [3.63, 3.8) is 0 Å². The monoisotopic (exact) mass is 266 g/mol. The van der Waals surface area contributed by atoms with Crippen LogP contribution in [0.15, 0.2) is 17.8 Å². The molecule has 1 unspecified atom stereocenters. The summed E-state index contributed by atoms with van der Waals surface area (Å²) < 4.78 is 1.58. The second kappa shape index (κ2) is 5.18. The third-order valence-corrected chi connectivity index (χ3v) is 3.31. The molecule has 2 N–H and O–H groups in total. The Morgan fingerprint density at radius 2 is 2.44 bits per heavy atom. The molecule has 0 amide bonds. The zero-order chi connectivity index (χ0) is 13.1. The first-order valence-corrected chi connectivity index (χ1v) is 6.40. The third kappa shape index (κ3) is 2.67. The second-order valence-corrected chi connectivity index (χ2v) is 4.72. The average Bonchev–Trinajstić information content (AvgIpc) is 2.94. The van der Waals surface area contributed by atoms with Gasteiger partial charge in [-0.1, -0.05) is 6.92 Å². The van der Waals surface area contributed by atoms with Gasteiger partial charge < -0.3 is 10.4 Å². The molecule has 0 aliphatic heterocycles. The van der Waals surface area contributed by atoms with Gasteiger partial charge in [-0.2, -0.15) is 5.10 Å². The van der Waals surface area contributed by atoms with Crippen molar-refractivity contribution in [1.82, 2.24) is 14.8 Å². The number of aromatic nitrogens is 3. The molecule has 0 fully saturated rings. The van der Waals surface area contributed by atoms with Gasteiger partial charge in [-0.25, -0.2) is 9.78 Å². The van der Waals surface area contributed by atoms with Gasteiger partial charge in [-0.05, 0) is 6.42 Å². The van der Waals surface area contributed by atoms with E-state index in [0.29, 0.717) is 10.7 Å². The van der Waals surface area contributed by atoms with Crippen molar-refractivity contribution in [3.05, 3.63) is 29.0 Å². The van der Waals surface area contributed by atoms with E-state index in [1.807, 2.05) is 12.3 Å². The molecular formula is C11H14N4O2S. The molecule has 2 aromatic rings. The number of anilines is 1. The first-order chi connectivity index (χ1) is 8.60. The molecule has 6 nitrogen and oxygen atoms in total. The van der Waals surface area contributed by atoms with E-state index in [-0.39, 0.29) is 0 Å². The highest BCUT2D eigenvalue weighted by Crippen LogP contribution is 2.22. The van der Waals surface area contributed by atoms with E-state index in [9.17, 15) is 9.90 Å². The molecular weight excluding hydrogens is 252 g/mol. The molecule has 7 heteroatoms. The lowest BCUT2D eigenvalue weighted by molar-refractivity contribution is -0.138. The maximum Gasteiger partial charge on any atom is 0.331 e. The molecule has 2 heterocycles. The van der Waals surface area contributed by atoms with Crippen molar-refractivity contribution < 1.29 is 9.90 Å². The minimum Gasteiger partial charge on any atom is -0.479 e. The molecule has 0 aliphatic carbocycles. The van der Waals surface area contributed by atoms with E-state index in [1.54, 1.807) is 24.1 Å². The highest BCUT2D eigenvalue weighted by Gasteiger charge is 2.22. The molecule has 0 aromatic carbocycles. The van der Waals surface area contributed by atoms with Crippen molar-refractivity contribution in [2.45, 2.75) is 19.4 Å². The molecule has 0 bridgehead atoms. The number of aryl methyl sites for hydroxylation is 2. The zero-order valence-corrected chi connectivity index (χ0v) is 10.9. The lowest BCUT2D eigenvalue weighted by atomic mass is 10.2. The van der Waals surface area contributed by atoms with Crippen LogP contribution < -0.4 is 5.32 Å². The van der Waals surface area contributed by atoms with Gasteiger partial charge in [0.15, 0.2) is 11.2 Å². The summed E-state index contributed by atoms with van der Waals surface area (Å²) in [5.74, 6) is -0.948. The van der Waals surface area contributed by atoms with Gasteiger partial charge in [0.05, 0.1) is 11.9 Å². The number of carboxylic acids is 1. The lowest BCUT2D eigenvalue weighted by Crippen LogP contribution is -2.20. The predicted molar refractivity (Wildman–Crippen MR) is 68.7 cm³/mol. The van der Waals surface area contributed by atoms with Crippen molar-refractivity contribution >= 4 is 22.4 Å². The quantitative estimate of drug-likeness (QED) is 0.860. The van der Waals surface area contributed by atoms with Crippen LogP contribution in [0.2, 0.25) is 0 Å². The summed E-state index contributed by atoms with van der Waals surface area (Å²) in [7, 11) is 1.75. The number of aliphatic carboxylic acids is 1. The predicted octanol–water partition coefficient (Wildman–Crippen LogP) is 1.68. The number of hydrogen-bond acceptors (Lipinski definition) is 5. The molecule has 0 spiro atoms. The fourth-order valence-electron chi connectivity index (χ4n) is 1.54. The van der Waals surface area contributed by atoms with Gasteiger partial charge in [0.1, 0.15) is 0 Å². The van der Waals surface area contributed by atoms with Crippen LogP contribution >= 0.6 is 11.3 Å². The van der Waals surface area contributed by atoms with E-state index in [0.717, 1.165) is 12.1 Å². The maximum atomic E-state index is 11.3. The Balaban J connectivity index is 2.19. The summed E-state index contributed by atoms with van der Waals surface area (Å²) in [6, 6.07) is -0.824. The molecule has 96 valence electrons. The lowest BCUT2D eigenvalue weighted by Gasteiger charge is -2.11. The normalized spacial score (nSPS) is 12.3. The van der Waals surface area contributed by atoms with Gasteiger partial charge >= 0.3 is 5.97 Å². The number of thiazole rings is 1. The van der Waals surface area contributed by atoms with E-state index < -0.39 is 12.0 Å². The van der Waals surface area contributed by atoms with Crippen LogP contribution in [-0.4, -0.2) is 25.8 Å². The van der Waals surface area contributed by atoms with E-state index in [1.165, 1.54) is 11.3 Å². The van der Waals surface area contributed by atoms with Gasteiger partial charge in [0.25, 0.3) is 0 Å². The molecule has 2 rings (SSSR count). The highest BCUT2D eigenvalue weighted by atomic mass is 32.1. The highest BCUT2D eigenvalue weighted by molar-refractivity contribution is 7.13. The van der Waals surface area contributed by atoms with E-state index in [2.05, 4.69) is 15.4 Å². The van der Waals surface area contributed by atoms with Gasteiger partial charge in [-0.15, -0.1) is 11.3 Å². The summed E-state index contributed by atoms with van der Waals surface area (Å²) in [5, 5.41) is 18.7. The summed E-state index contributed by atoms with van der Waals surface area (Å²) >= 11 is 1.41. The van der Waals surface area contributed by atoms with Crippen LogP contribution in [0.4, 0.5) is 5.13 Å². The summed E-state index contributed by atoms with van der Waals surface area (Å²) in [4.78, 5) is 15.6. The topological polar surface area (TPSA) is 80.0 Å². The molecule has 0 aliphatic rings. The largest absolute Gasteiger partial charge is 0.479 e. The van der Waals surface area contributed by atoms with Crippen LogP contribution in [0.3, 0.4) is 0 Å². The van der Waals surface area contributed by atoms with Crippen LogP contribution in [0.5, 0.6) is 0 Å². The van der Waals surface area contributed by atoms with Crippen LogP contribution in [0.1, 0.15) is 24.2 Å². The number of carboxylic acid groups (broad SMARTS) is 1. The first kappa shape index (κ1) is 12.6. The van der Waals surface area contributed by atoms with Crippen molar-refractivity contribution in [1.29, 1.82) is 0 Å². The number of rotatable bonds is 5. The van der Waals surface area contributed by atoms with E-state index >= 15 is 0 Å². The Hall–Kier alpha value is -1.89. The fraction of sp³-hybridized carbons (Fsp3) is 0.364. The number of hydrogen-bond donors (Lipinski definition) is 2. The third-order valence-electron chi connectivity index (χ3n) is 2.49. The summed E-state index contributed by atoms with van der Waals surface area (Å²) in [6.07, 6.45) is 4.06. The molecule has 0 saturated heterocycles. The second-order valence-electron chi connectivity index (χ2n) is 3.86. The van der Waals surface area contributed by atoms with Crippen molar-refractivity contribution in [2.24, 2.45) is 7.05 Å². The Morgan fingerprint density at radius 3 is 2.94 bits per heavy atom. The van der Waals surface area contributed by atoms with E-state index in [4.69, 9.17) is 0 Å². The molecule has 2 aromatic heterocycles. The van der Waals surface area contributed by atoms with Gasteiger partial charge in [0, 0.05) is 24.2 Å². The summed E-state index contributed by atoms with van der Waals surface area (Å²) in [5.41, 5.74) is 1.57. The Bertz CT molecular complexity index is 549. The Morgan fingerprint density at radius 1 is 1.67 bits per heavy atom. The van der Waals surface area contributed by atoms with Crippen molar-refractivity contribution in [3.8, 4) is 0 Å². The van der Waals surface area contributed by atoms with Crippen LogP contribution in [-0.2, 0) is 18.3 Å². The van der Waals surface area contributed by atoms with Crippen LogP contribution in [0, 0.1) is 0 Å². The first-order valence-electron chi connectivity index (χ1n) is 5.52. The zero-order valence-electron chi connectivity index (χ0n) is 10.1. The standard InChI is InChI=1S/C11H14N4O2S/c1-3-8-6-18-11(13-8)14-9(10(16)17)7-4-12-15(2)5-7/h4-6,9H,3H2,1-2H3,(H,13,14)(H,16,17). The number of nitrogens with one attached hydrogen (secondary N) is 1. The smallest absolute Gasteiger partial charge is 0.331 e. The Kier molecular flexibility index (Phi) is 3.61. The SMILES string of the molecule is CCc1csc(NC(C(=O)O)c2cnn(C)c2)n1. The molecule has 0 radical (unpaired) electrons. The molecule has 0 saturated carbocycles.